The van der Waals surface area contributed by atoms with Crippen molar-refractivity contribution in [2.75, 3.05) is 5.32 Å². The number of hydrogen-bond acceptors (Lipinski definition) is 3. The summed E-state index contributed by atoms with van der Waals surface area (Å²) in [7, 11) is -3.64. The van der Waals surface area contributed by atoms with Crippen molar-refractivity contribution in [1.82, 2.24) is 4.72 Å². The summed E-state index contributed by atoms with van der Waals surface area (Å²) in [6, 6.07) is 12.7. The van der Waals surface area contributed by atoms with Crippen molar-refractivity contribution in [3.8, 4) is 0 Å². The predicted molar refractivity (Wildman–Crippen MR) is 77.9 cm³/mol. The Morgan fingerprint density at radius 2 is 1.76 bits per heavy atom. The third-order valence-electron chi connectivity index (χ3n) is 3.03. The van der Waals surface area contributed by atoms with Crippen LogP contribution in [0.5, 0.6) is 0 Å². The average Bonchev–Trinajstić information content (AvgIpc) is 2.46. The largest absolute Gasteiger partial charge is 0.324 e. The summed E-state index contributed by atoms with van der Waals surface area (Å²) in [6.07, 6.45) is 0. The molecule has 0 bridgehead atoms. The summed E-state index contributed by atoms with van der Waals surface area (Å²) in [6.45, 7) is 0.0414. The zero-order valence-electron chi connectivity index (χ0n) is 10.9. The first-order valence-electron chi connectivity index (χ1n) is 6.23. The molecule has 0 saturated heterocycles. The molecule has 1 aliphatic heterocycles. The number of nitrogens with zero attached hydrogens (tertiary/aromatic N) is 1. The van der Waals surface area contributed by atoms with E-state index in [1.54, 1.807) is 36.4 Å². The van der Waals surface area contributed by atoms with E-state index in [-0.39, 0.29) is 23.2 Å². The highest BCUT2D eigenvalue weighted by Gasteiger charge is 2.25. The van der Waals surface area contributed by atoms with E-state index in [4.69, 9.17) is 0 Å². The molecule has 0 fully saturated rings. The summed E-state index contributed by atoms with van der Waals surface area (Å²) in [4.78, 5) is 4.25. The Balaban J connectivity index is 1.89. The predicted octanol–water partition coefficient (Wildman–Crippen LogP) is 2.09. The molecule has 3 rings (SSSR count). The van der Waals surface area contributed by atoms with E-state index in [9.17, 15) is 12.8 Å². The second-order valence-electron chi connectivity index (χ2n) is 4.48. The van der Waals surface area contributed by atoms with Crippen LogP contribution in [0.3, 0.4) is 0 Å². The number of anilines is 1. The number of hydrogen-bond donors (Lipinski definition) is 2. The van der Waals surface area contributed by atoms with Gasteiger partial charge in [0.2, 0.25) is 5.96 Å². The second kappa shape index (κ2) is 5.17. The van der Waals surface area contributed by atoms with E-state index in [2.05, 4.69) is 15.0 Å². The average molecular weight is 305 g/mol. The lowest BCUT2D eigenvalue weighted by atomic mass is 10.2. The smallest absolute Gasteiger partial charge is 0.266 e. The number of benzene rings is 2. The number of sulfonamides is 1. The lowest BCUT2D eigenvalue weighted by Crippen LogP contribution is -2.40. The van der Waals surface area contributed by atoms with E-state index in [0.717, 1.165) is 0 Å². The number of halogens is 1. The van der Waals surface area contributed by atoms with Crippen molar-refractivity contribution in [3.05, 3.63) is 59.9 Å². The Hall–Kier alpha value is -2.41. The van der Waals surface area contributed by atoms with Crippen LogP contribution in [0.15, 0.2) is 58.4 Å². The van der Waals surface area contributed by atoms with E-state index in [0.29, 0.717) is 11.3 Å². The fourth-order valence-corrected chi connectivity index (χ4v) is 3.15. The van der Waals surface area contributed by atoms with Gasteiger partial charge in [0.05, 0.1) is 12.2 Å². The highest BCUT2D eigenvalue weighted by Crippen LogP contribution is 2.23. The molecule has 5 nitrogen and oxygen atoms in total. The molecule has 0 unspecified atom stereocenters. The third kappa shape index (κ3) is 2.73. The van der Waals surface area contributed by atoms with Gasteiger partial charge in [0.15, 0.2) is 0 Å². The molecule has 2 aromatic carbocycles. The molecular formula is C14H12FN3O2S. The van der Waals surface area contributed by atoms with E-state index in [1.165, 1.54) is 12.1 Å². The van der Waals surface area contributed by atoms with Gasteiger partial charge in [-0.3, -0.25) is 0 Å². The molecule has 1 heterocycles. The maximum atomic E-state index is 13.5. The van der Waals surface area contributed by atoms with Crippen molar-refractivity contribution in [2.45, 2.75) is 11.4 Å². The van der Waals surface area contributed by atoms with E-state index in [1.807, 2.05) is 0 Å². The number of guanidine groups is 1. The Bertz CT molecular complexity index is 818. The molecule has 0 spiro atoms. The van der Waals surface area contributed by atoms with Crippen LogP contribution in [-0.2, 0) is 16.6 Å². The van der Waals surface area contributed by atoms with E-state index >= 15 is 0 Å². The Morgan fingerprint density at radius 3 is 2.57 bits per heavy atom. The number of aliphatic imine (C=N–C) groups is 1. The Morgan fingerprint density at radius 1 is 1.05 bits per heavy atom. The molecule has 2 aromatic rings. The van der Waals surface area contributed by atoms with E-state index < -0.39 is 10.0 Å². The molecule has 2 N–H and O–H groups in total. The Labute approximate surface area is 121 Å². The molecule has 1 aliphatic rings. The quantitative estimate of drug-likeness (QED) is 0.892. The third-order valence-corrected chi connectivity index (χ3v) is 4.42. The van der Waals surface area contributed by atoms with Gasteiger partial charge in [-0.25, -0.2) is 22.5 Å². The zero-order valence-corrected chi connectivity index (χ0v) is 11.7. The fraction of sp³-hybridized carbons (Fsp3) is 0.0714. The fourth-order valence-electron chi connectivity index (χ4n) is 2.00. The minimum absolute atomic E-state index is 0.0414. The SMILES string of the molecule is O=S1(=O)NC(=NCc2ccccc2F)Nc2ccccc21. The van der Waals surface area contributed by atoms with Crippen LogP contribution < -0.4 is 10.0 Å². The van der Waals surface area contributed by atoms with Crippen LogP contribution >= 0.6 is 0 Å². The summed E-state index contributed by atoms with van der Waals surface area (Å²) >= 11 is 0. The monoisotopic (exact) mass is 305 g/mol. The lowest BCUT2D eigenvalue weighted by Gasteiger charge is -2.21. The first-order chi connectivity index (χ1) is 10.1. The van der Waals surface area contributed by atoms with Gasteiger partial charge in [0.25, 0.3) is 10.0 Å². The number of fused-ring (bicyclic) bond motifs is 1. The maximum absolute atomic E-state index is 13.5. The van der Waals surface area contributed by atoms with Gasteiger partial charge in [-0.05, 0) is 18.2 Å². The first-order valence-corrected chi connectivity index (χ1v) is 7.71. The van der Waals surface area contributed by atoms with Crippen molar-refractivity contribution in [1.29, 1.82) is 0 Å². The zero-order chi connectivity index (χ0) is 14.9. The van der Waals surface area contributed by atoms with Crippen LogP contribution in [0.4, 0.5) is 10.1 Å². The highest BCUT2D eigenvalue weighted by molar-refractivity contribution is 7.90. The summed E-state index contributed by atoms with van der Waals surface area (Å²) in [5.41, 5.74) is 0.841. The summed E-state index contributed by atoms with van der Waals surface area (Å²) in [5.74, 6) is -0.294. The molecule has 0 radical (unpaired) electrons. The molecule has 21 heavy (non-hydrogen) atoms. The van der Waals surface area contributed by atoms with Crippen LogP contribution in [0.2, 0.25) is 0 Å². The molecule has 0 saturated carbocycles. The van der Waals surface area contributed by atoms with Gasteiger partial charge in [0.1, 0.15) is 10.7 Å². The van der Waals surface area contributed by atoms with Gasteiger partial charge < -0.3 is 5.32 Å². The van der Waals surface area contributed by atoms with Crippen LogP contribution in [0.25, 0.3) is 0 Å². The van der Waals surface area contributed by atoms with Gasteiger partial charge in [-0.2, -0.15) is 0 Å². The molecule has 0 aromatic heterocycles. The summed E-state index contributed by atoms with van der Waals surface area (Å²) < 4.78 is 39.9. The first kappa shape index (κ1) is 13.6. The van der Waals surface area contributed by atoms with Crippen molar-refractivity contribution in [3.63, 3.8) is 0 Å². The normalized spacial score (nSPS) is 17.7. The lowest BCUT2D eigenvalue weighted by molar-refractivity contribution is 0.591. The highest BCUT2D eigenvalue weighted by atomic mass is 32.2. The summed E-state index contributed by atoms with van der Waals surface area (Å²) in [5, 5.41) is 2.88. The van der Waals surface area contributed by atoms with Gasteiger partial charge in [-0.15, -0.1) is 0 Å². The minimum atomic E-state index is -3.64. The molecular weight excluding hydrogens is 293 g/mol. The Kier molecular flexibility index (Phi) is 3.34. The van der Waals surface area contributed by atoms with Gasteiger partial charge >= 0.3 is 0 Å². The van der Waals surface area contributed by atoms with Gasteiger partial charge in [-0.1, -0.05) is 30.3 Å². The second-order valence-corrected chi connectivity index (χ2v) is 6.13. The molecule has 0 atom stereocenters. The van der Waals surface area contributed by atoms with Gasteiger partial charge in [0, 0.05) is 5.56 Å². The number of para-hydroxylation sites is 1. The number of nitrogens with one attached hydrogen (secondary N) is 2. The standard InChI is InChI=1S/C14H12FN3O2S/c15-11-6-2-1-5-10(11)9-16-14-17-12-7-3-4-8-13(12)21(19,20)18-14/h1-8H,9H2,(H2,16,17,18). The molecule has 0 amide bonds. The molecule has 108 valence electrons. The van der Waals surface area contributed by atoms with Crippen LogP contribution in [0.1, 0.15) is 5.56 Å². The van der Waals surface area contributed by atoms with Crippen molar-refractivity contribution >= 4 is 21.7 Å². The minimum Gasteiger partial charge on any atom is -0.324 e. The van der Waals surface area contributed by atoms with Crippen LogP contribution in [-0.4, -0.2) is 14.4 Å². The number of rotatable bonds is 2. The van der Waals surface area contributed by atoms with Crippen molar-refractivity contribution in [2.24, 2.45) is 4.99 Å². The van der Waals surface area contributed by atoms with Crippen LogP contribution in [0, 0.1) is 5.82 Å². The molecule has 0 aliphatic carbocycles. The maximum Gasteiger partial charge on any atom is 0.266 e. The molecule has 7 heteroatoms. The van der Waals surface area contributed by atoms with Crippen molar-refractivity contribution < 1.29 is 12.8 Å². The topological polar surface area (TPSA) is 70.6 Å².